The van der Waals surface area contributed by atoms with Gasteiger partial charge >= 0.3 is 0 Å². The second-order valence-corrected chi connectivity index (χ2v) is 23.8. The molecule has 0 N–H and O–H groups in total. The monoisotopic (exact) mass is 1070 g/mol. The number of hydrogen-bond acceptors (Lipinski definition) is 4. The Morgan fingerprint density at radius 1 is 0.298 bits per heavy atom. The molecule has 15 aromatic rings. The van der Waals surface area contributed by atoms with Crippen molar-refractivity contribution in [3.05, 3.63) is 276 Å². The summed E-state index contributed by atoms with van der Waals surface area (Å²) in [6, 6.07) is 92.8. The fourth-order valence-electron chi connectivity index (χ4n) is 15.3. The molecule has 394 valence electrons. The van der Waals surface area contributed by atoms with Crippen molar-refractivity contribution >= 4 is 121 Å². The SMILES string of the molecule is CC1(C)c2ccccc2N(c2ccc3c(C#N)c4cc(N5c6ccccc6C(C)(C)c6c5ccc5c6c6ccccc6n5-c5cccc6ccccc56)ccc4c(C#N)c3c2)c2ccc3c(c21)c1ccccc1n3-c1cccc2ccccc12. The maximum absolute atomic E-state index is 11.5. The molecule has 4 heterocycles. The van der Waals surface area contributed by atoms with E-state index < -0.39 is 10.8 Å². The predicted molar refractivity (Wildman–Crippen MR) is 348 cm³/mol. The van der Waals surface area contributed by atoms with Gasteiger partial charge in [-0.25, -0.2) is 0 Å². The van der Waals surface area contributed by atoms with E-state index in [0.29, 0.717) is 11.1 Å². The van der Waals surface area contributed by atoms with Crippen LogP contribution in [0, 0.1) is 22.7 Å². The number of aromatic nitrogens is 2. The highest BCUT2D eigenvalue weighted by molar-refractivity contribution is 6.18. The summed E-state index contributed by atoms with van der Waals surface area (Å²) in [5.74, 6) is 0. The van der Waals surface area contributed by atoms with Crippen LogP contribution >= 0.6 is 0 Å². The van der Waals surface area contributed by atoms with Crippen molar-refractivity contribution in [3.8, 4) is 23.5 Å². The van der Waals surface area contributed by atoms with E-state index in [4.69, 9.17) is 0 Å². The van der Waals surface area contributed by atoms with Gasteiger partial charge in [0, 0.05) is 76.1 Å². The highest BCUT2D eigenvalue weighted by Gasteiger charge is 2.42. The molecule has 0 spiro atoms. The molecule has 2 aliphatic heterocycles. The van der Waals surface area contributed by atoms with E-state index in [-0.39, 0.29) is 0 Å². The second-order valence-electron chi connectivity index (χ2n) is 23.8. The van der Waals surface area contributed by atoms with Gasteiger partial charge in [0.15, 0.2) is 0 Å². The van der Waals surface area contributed by atoms with E-state index in [2.05, 4.69) is 301 Å². The van der Waals surface area contributed by atoms with E-state index in [9.17, 15) is 10.5 Å². The number of anilines is 6. The summed E-state index contributed by atoms with van der Waals surface area (Å²) in [4.78, 5) is 4.75. The van der Waals surface area contributed by atoms with E-state index in [0.717, 1.165) is 89.1 Å². The Balaban J connectivity index is 0.862. The first-order valence-corrected chi connectivity index (χ1v) is 28.9. The molecule has 6 heteroatoms. The fourth-order valence-corrected chi connectivity index (χ4v) is 15.3. The second kappa shape index (κ2) is 17.3. The first-order valence-electron chi connectivity index (χ1n) is 28.9. The number of hydrogen-bond donors (Lipinski definition) is 0. The zero-order valence-electron chi connectivity index (χ0n) is 46.8. The number of fused-ring (bicyclic) bond motifs is 16. The van der Waals surface area contributed by atoms with Crippen molar-refractivity contribution in [2.75, 3.05) is 9.80 Å². The lowest BCUT2D eigenvalue weighted by Gasteiger charge is -2.42. The molecule has 0 bridgehead atoms. The summed E-state index contributed by atoms with van der Waals surface area (Å²) in [5.41, 5.74) is 18.2. The third-order valence-corrected chi connectivity index (χ3v) is 18.8. The van der Waals surface area contributed by atoms with Crippen LogP contribution in [0.3, 0.4) is 0 Å². The third-order valence-electron chi connectivity index (χ3n) is 18.8. The highest BCUT2D eigenvalue weighted by Crippen LogP contribution is 2.58. The molecule has 0 amide bonds. The predicted octanol–water partition coefficient (Wildman–Crippen LogP) is 20.5. The van der Waals surface area contributed by atoms with Gasteiger partial charge in [-0.1, -0.05) is 185 Å². The van der Waals surface area contributed by atoms with Crippen LogP contribution in [0.15, 0.2) is 243 Å². The minimum atomic E-state index is -0.403. The van der Waals surface area contributed by atoms with Gasteiger partial charge in [-0.05, 0) is 118 Å². The molecule has 17 rings (SSSR count). The number of nitrogens with zero attached hydrogens (tertiary/aromatic N) is 6. The maximum atomic E-state index is 11.5. The van der Waals surface area contributed by atoms with E-state index in [1.165, 1.54) is 65.3 Å². The van der Waals surface area contributed by atoms with Crippen LogP contribution < -0.4 is 9.80 Å². The van der Waals surface area contributed by atoms with Crippen molar-refractivity contribution < 1.29 is 0 Å². The minimum Gasteiger partial charge on any atom is -0.310 e. The average molecular weight is 1070 g/mol. The molecule has 13 aromatic carbocycles. The molecule has 0 saturated heterocycles. The van der Waals surface area contributed by atoms with Gasteiger partial charge in [0.05, 0.1) is 67.3 Å². The molecule has 0 atom stereocenters. The fraction of sp³-hybridized carbons (Fsp3) is 0.0769. The zero-order chi connectivity index (χ0) is 56.3. The molecular weight excluding hydrogens is 1020 g/mol. The molecule has 6 nitrogen and oxygen atoms in total. The number of para-hydroxylation sites is 4. The van der Waals surface area contributed by atoms with Gasteiger partial charge in [-0.15, -0.1) is 0 Å². The van der Waals surface area contributed by atoms with Crippen molar-refractivity contribution in [3.63, 3.8) is 0 Å². The topological polar surface area (TPSA) is 63.9 Å². The van der Waals surface area contributed by atoms with Gasteiger partial charge in [0.2, 0.25) is 0 Å². The molecule has 0 radical (unpaired) electrons. The molecule has 0 fully saturated rings. The van der Waals surface area contributed by atoms with Gasteiger partial charge in [0.1, 0.15) is 12.1 Å². The lowest BCUT2D eigenvalue weighted by molar-refractivity contribution is 0.638. The summed E-state index contributed by atoms with van der Waals surface area (Å²) in [6.45, 7) is 9.42. The summed E-state index contributed by atoms with van der Waals surface area (Å²) in [6.07, 6.45) is 0. The lowest BCUT2D eigenvalue weighted by atomic mass is 9.72. The van der Waals surface area contributed by atoms with Gasteiger partial charge in [-0.3, -0.25) is 0 Å². The number of benzene rings is 13. The average Bonchev–Trinajstić information content (AvgIpc) is 1.60. The summed E-state index contributed by atoms with van der Waals surface area (Å²) in [7, 11) is 0. The van der Waals surface area contributed by atoms with Crippen LogP contribution in [0.5, 0.6) is 0 Å². The van der Waals surface area contributed by atoms with Crippen LogP contribution in [0.2, 0.25) is 0 Å². The van der Waals surface area contributed by atoms with Crippen molar-refractivity contribution in [2.24, 2.45) is 0 Å². The molecule has 0 unspecified atom stereocenters. The third kappa shape index (κ3) is 6.32. The van der Waals surface area contributed by atoms with Crippen molar-refractivity contribution in [1.82, 2.24) is 9.13 Å². The number of rotatable bonds is 4. The zero-order valence-corrected chi connectivity index (χ0v) is 46.8. The molecule has 2 aliphatic rings. The van der Waals surface area contributed by atoms with Gasteiger partial charge in [0.25, 0.3) is 0 Å². The quantitative estimate of drug-likeness (QED) is 0.165. The van der Waals surface area contributed by atoms with Gasteiger partial charge in [-0.2, -0.15) is 10.5 Å². The standard InChI is InChI=1S/C78H52N6/c1-77(2)61-27-11-15-31-67(61)81(71-41-39-69-73(75(71)77)55-25-9-13-29-65(55)83(69)63-33-17-21-47-19-5-7-23-51(47)63)49-35-37-53-57(43-49)59(45-79)54-38-36-50(44-58(54)60(53)46-80)82-68-32-16-12-28-62(68)78(3,4)76-72(82)42-40-70-74(76)56-26-10-14-30-66(56)84(70)64-34-18-22-48-20-6-8-24-52(48)64/h5-44H,1-4H3. The van der Waals surface area contributed by atoms with E-state index in [1.807, 2.05) is 0 Å². The molecule has 2 aromatic heterocycles. The summed E-state index contributed by atoms with van der Waals surface area (Å²) in [5, 5.41) is 35.5. The number of nitriles is 2. The van der Waals surface area contributed by atoms with Crippen LogP contribution in [0.4, 0.5) is 34.1 Å². The molecule has 84 heavy (non-hydrogen) atoms. The Kier molecular flexibility index (Phi) is 9.86. The smallest absolute Gasteiger partial charge is 0.100 e. The first-order chi connectivity index (χ1) is 41.1. The Morgan fingerprint density at radius 3 is 1.11 bits per heavy atom. The largest absolute Gasteiger partial charge is 0.310 e. The Bertz CT molecular complexity index is 5150. The van der Waals surface area contributed by atoms with Crippen LogP contribution in [0.25, 0.3) is 98.1 Å². The molecular formula is C78H52N6. The Hall–Kier alpha value is -10.9. The summed E-state index contributed by atoms with van der Waals surface area (Å²) >= 11 is 0. The first kappa shape index (κ1) is 47.8. The van der Waals surface area contributed by atoms with Crippen LogP contribution in [-0.4, -0.2) is 9.13 Å². The highest BCUT2D eigenvalue weighted by atomic mass is 15.2. The van der Waals surface area contributed by atoms with Crippen molar-refractivity contribution in [2.45, 2.75) is 38.5 Å². The minimum absolute atomic E-state index is 0.403. The summed E-state index contributed by atoms with van der Waals surface area (Å²) < 4.78 is 4.89. The van der Waals surface area contributed by atoms with E-state index >= 15 is 0 Å². The van der Waals surface area contributed by atoms with Crippen molar-refractivity contribution in [1.29, 1.82) is 10.5 Å². The lowest BCUT2D eigenvalue weighted by Crippen LogP contribution is -2.31. The normalized spacial score (nSPS) is 14.1. The van der Waals surface area contributed by atoms with E-state index in [1.54, 1.807) is 0 Å². The Labute approximate surface area is 485 Å². The maximum Gasteiger partial charge on any atom is 0.100 e. The van der Waals surface area contributed by atoms with Crippen LogP contribution in [0.1, 0.15) is 61.1 Å². The van der Waals surface area contributed by atoms with Gasteiger partial charge < -0.3 is 18.9 Å². The van der Waals surface area contributed by atoms with Crippen LogP contribution in [-0.2, 0) is 10.8 Å². The molecule has 0 aliphatic carbocycles. The Morgan fingerprint density at radius 2 is 0.667 bits per heavy atom. The molecule has 0 saturated carbocycles.